The first-order chi connectivity index (χ1) is 9.29. The Morgan fingerprint density at radius 2 is 2.11 bits per heavy atom. The van der Waals surface area contributed by atoms with Crippen LogP contribution < -0.4 is 5.32 Å². The lowest BCUT2D eigenvalue weighted by molar-refractivity contribution is 0.610. The molecule has 0 atom stereocenters. The summed E-state index contributed by atoms with van der Waals surface area (Å²) in [7, 11) is 0. The van der Waals surface area contributed by atoms with Crippen LogP contribution in [0, 0.1) is 0 Å². The Morgan fingerprint density at radius 3 is 2.89 bits per heavy atom. The Kier molecular flexibility index (Phi) is 5.49. The second-order valence-corrected chi connectivity index (χ2v) is 5.22. The second kappa shape index (κ2) is 7.37. The molecule has 1 aromatic heterocycles. The van der Waals surface area contributed by atoms with Gasteiger partial charge in [-0.3, -0.25) is 0 Å². The van der Waals surface area contributed by atoms with E-state index in [0.717, 1.165) is 24.7 Å². The van der Waals surface area contributed by atoms with Gasteiger partial charge in [0.25, 0.3) is 0 Å². The van der Waals surface area contributed by atoms with E-state index in [4.69, 9.17) is 11.6 Å². The zero-order valence-electron chi connectivity index (χ0n) is 11.4. The third-order valence-corrected chi connectivity index (χ3v) is 3.41. The van der Waals surface area contributed by atoms with Gasteiger partial charge in [-0.05, 0) is 42.8 Å². The summed E-state index contributed by atoms with van der Waals surface area (Å²) in [5, 5.41) is 4.28. The minimum atomic E-state index is 0.798. The van der Waals surface area contributed by atoms with E-state index < -0.39 is 0 Å². The first-order valence-electron chi connectivity index (χ1n) is 6.89. The van der Waals surface area contributed by atoms with Crippen LogP contribution in [-0.4, -0.2) is 11.1 Å². The molecule has 0 radical (unpaired) electrons. The van der Waals surface area contributed by atoms with E-state index in [2.05, 4.69) is 41.2 Å². The maximum absolute atomic E-state index is 6.02. The standard InChI is InChI=1S/C16H21ClN2/c1-2-3-9-18-12-16-8-5-10-19(16)13-14-6-4-7-15(17)11-14/h4-8,10-11,18H,2-3,9,12-13H2,1H3. The number of benzene rings is 1. The highest BCUT2D eigenvalue weighted by Gasteiger charge is 2.02. The first-order valence-corrected chi connectivity index (χ1v) is 7.26. The van der Waals surface area contributed by atoms with Gasteiger partial charge in [-0.15, -0.1) is 0 Å². The van der Waals surface area contributed by atoms with Crippen molar-refractivity contribution in [3.8, 4) is 0 Å². The molecule has 0 aliphatic rings. The molecule has 1 aromatic carbocycles. The number of hydrogen-bond acceptors (Lipinski definition) is 1. The Labute approximate surface area is 120 Å². The minimum Gasteiger partial charge on any atom is -0.346 e. The van der Waals surface area contributed by atoms with Gasteiger partial charge < -0.3 is 9.88 Å². The lowest BCUT2D eigenvalue weighted by Crippen LogP contribution is -2.17. The highest BCUT2D eigenvalue weighted by molar-refractivity contribution is 6.30. The van der Waals surface area contributed by atoms with Crippen molar-refractivity contribution < 1.29 is 0 Å². The number of nitrogens with zero attached hydrogens (tertiary/aromatic N) is 1. The summed E-state index contributed by atoms with van der Waals surface area (Å²) in [5.41, 5.74) is 2.55. The SMILES string of the molecule is CCCCNCc1cccn1Cc1cccc(Cl)c1. The number of rotatable bonds is 7. The van der Waals surface area contributed by atoms with E-state index in [1.807, 2.05) is 18.2 Å². The molecule has 0 fully saturated rings. The van der Waals surface area contributed by atoms with Crippen LogP contribution in [0.1, 0.15) is 31.0 Å². The molecule has 1 heterocycles. The van der Waals surface area contributed by atoms with Crippen molar-refractivity contribution in [2.75, 3.05) is 6.54 Å². The summed E-state index contributed by atoms with van der Waals surface area (Å²) in [5.74, 6) is 0. The van der Waals surface area contributed by atoms with Gasteiger partial charge in [0.15, 0.2) is 0 Å². The molecule has 2 nitrogen and oxygen atoms in total. The fourth-order valence-corrected chi connectivity index (χ4v) is 2.33. The Morgan fingerprint density at radius 1 is 1.21 bits per heavy atom. The molecule has 2 aromatic rings. The van der Waals surface area contributed by atoms with E-state index in [0.29, 0.717) is 0 Å². The molecule has 0 saturated carbocycles. The minimum absolute atomic E-state index is 0.798. The van der Waals surface area contributed by atoms with Gasteiger partial charge in [0, 0.05) is 30.0 Å². The molecule has 19 heavy (non-hydrogen) atoms. The van der Waals surface area contributed by atoms with Gasteiger partial charge >= 0.3 is 0 Å². The Bertz CT molecular complexity index is 505. The molecule has 0 amide bonds. The number of unbranched alkanes of at least 4 members (excludes halogenated alkanes) is 1. The molecule has 2 rings (SSSR count). The maximum Gasteiger partial charge on any atom is 0.0473 e. The maximum atomic E-state index is 6.02. The average Bonchev–Trinajstić information content (AvgIpc) is 2.82. The van der Waals surface area contributed by atoms with Crippen molar-refractivity contribution in [1.29, 1.82) is 0 Å². The number of aromatic nitrogens is 1. The van der Waals surface area contributed by atoms with Gasteiger partial charge in [0.2, 0.25) is 0 Å². The summed E-state index contributed by atoms with van der Waals surface area (Å²) < 4.78 is 2.27. The van der Waals surface area contributed by atoms with Gasteiger partial charge in [-0.25, -0.2) is 0 Å². The number of halogens is 1. The van der Waals surface area contributed by atoms with Gasteiger partial charge in [0.05, 0.1) is 0 Å². The van der Waals surface area contributed by atoms with Crippen molar-refractivity contribution in [3.63, 3.8) is 0 Å². The van der Waals surface area contributed by atoms with Crippen molar-refractivity contribution in [2.24, 2.45) is 0 Å². The zero-order chi connectivity index (χ0) is 13.5. The van der Waals surface area contributed by atoms with Crippen LogP contribution in [0.25, 0.3) is 0 Å². The van der Waals surface area contributed by atoms with Gasteiger partial charge in [0.1, 0.15) is 0 Å². The normalized spacial score (nSPS) is 10.8. The molecular weight excluding hydrogens is 256 g/mol. The van der Waals surface area contributed by atoms with Crippen molar-refractivity contribution in [3.05, 3.63) is 58.9 Å². The molecule has 3 heteroatoms. The molecule has 102 valence electrons. The smallest absolute Gasteiger partial charge is 0.0473 e. The van der Waals surface area contributed by atoms with Crippen LogP contribution >= 0.6 is 11.6 Å². The van der Waals surface area contributed by atoms with E-state index in [9.17, 15) is 0 Å². The van der Waals surface area contributed by atoms with Crippen molar-refractivity contribution >= 4 is 11.6 Å². The van der Waals surface area contributed by atoms with Crippen LogP contribution in [0.15, 0.2) is 42.6 Å². The fraction of sp³-hybridized carbons (Fsp3) is 0.375. The molecular formula is C16H21ClN2. The van der Waals surface area contributed by atoms with Crippen LogP contribution in [0.4, 0.5) is 0 Å². The molecule has 0 bridgehead atoms. The first kappa shape index (κ1) is 14.2. The summed E-state index contributed by atoms with van der Waals surface area (Å²) >= 11 is 6.02. The number of nitrogens with one attached hydrogen (secondary N) is 1. The van der Waals surface area contributed by atoms with Gasteiger partial charge in [-0.2, -0.15) is 0 Å². The van der Waals surface area contributed by atoms with Crippen LogP contribution in [0.5, 0.6) is 0 Å². The van der Waals surface area contributed by atoms with Gasteiger partial charge in [-0.1, -0.05) is 37.1 Å². The molecule has 1 N–H and O–H groups in total. The van der Waals surface area contributed by atoms with Crippen molar-refractivity contribution in [2.45, 2.75) is 32.9 Å². The number of hydrogen-bond donors (Lipinski definition) is 1. The quantitative estimate of drug-likeness (QED) is 0.754. The van der Waals surface area contributed by atoms with Crippen molar-refractivity contribution in [1.82, 2.24) is 9.88 Å². The van der Waals surface area contributed by atoms with Crippen LogP contribution in [0.2, 0.25) is 5.02 Å². The molecule has 0 aliphatic carbocycles. The average molecular weight is 277 g/mol. The molecule has 0 unspecified atom stereocenters. The Balaban J connectivity index is 1.95. The summed E-state index contributed by atoms with van der Waals surface area (Å²) in [6.07, 6.45) is 4.59. The van der Waals surface area contributed by atoms with Crippen LogP contribution in [-0.2, 0) is 13.1 Å². The monoisotopic (exact) mass is 276 g/mol. The predicted octanol–water partition coefficient (Wildman–Crippen LogP) is 4.08. The highest BCUT2D eigenvalue weighted by Crippen LogP contribution is 2.13. The highest BCUT2D eigenvalue weighted by atomic mass is 35.5. The molecule has 0 spiro atoms. The third kappa shape index (κ3) is 4.41. The third-order valence-electron chi connectivity index (χ3n) is 3.18. The van der Waals surface area contributed by atoms with E-state index in [1.165, 1.54) is 24.1 Å². The predicted molar refractivity (Wildman–Crippen MR) is 81.6 cm³/mol. The second-order valence-electron chi connectivity index (χ2n) is 4.79. The summed E-state index contributed by atoms with van der Waals surface area (Å²) in [4.78, 5) is 0. The lowest BCUT2D eigenvalue weighted by atomic mass is 10.2. The summed E-state index contributed by atoms with van der Waals surface area (Å²) in [6.45, 7) is 5.09. The van der Waals surface area contributed by atoms with E-state index in [-0.39, 0.29) is 0 Å². The van der Waals surface area contributed by atoms with E-state index >= 15 is 0 Å². The molecule has 0 saturated heterocycles. The molecule has 0 aliphatic heterocycles. The Hall–Kier alpha value is -1.25. The van der Waals surface area contributed by atoms with Crippen LogP contribution in [0.3, 0.4) is 0 Å². The summed E-state index contributed by atoms with van der Waals surface area (Å²) in [6, 6.07) is 12.3. The largest absolute Gasteiger partial charge is 0.346 e. The van der Waals surface area contributed by atoms with E-state index in [1.54, 1.807) is 0 Å². The lowest BCUT2D eigenvalue weighted by Gasteiger charge is -2.10. The topological polar surface area (TPSA) is 17.0 Å². The zero-order valence-corrected chi connectivity index (χ0v) is 12.2. The fourth-order valence-electron chi connectivity index (χ4n) is 2.11.